The van der Waals surface area contributed by atoms with Crippen LogP contribution < -0.4 is 5.32 Å². The van der Waals surface area contributed by atoms with E-state index in [2.05, 4.69) is 34.2 Å². The summed E-state index contributed by atoms with van der Waals surface area (Å²) < 4.78 is 5.29. The van der Waals surface area contributed by atoms with Gasteiger partial charge in [-0.15, -0.1) is 0 Å². The number of nitrogens with zero attached hydrogens (tertiary/aromatic N) is 3. The molecule has 6 heteroatoms. The number of rotatable bonds is 6. The number of piperazine rings is 1. The van der Waals surface area contributed by atoms with Crippen molar-refractivity contribution in [3.8, 4) is 0 Å². The molecule has 1 N–H and O–H groups in total. The van der Waals surface area contributed by atoms with Gasteiger partial charge in [-0.1, -0.05) is 19.0 Å². The minimum atomic E-state index is 0.710. The fourth-order valence-electron chi connectivity index (χ4n) is 1.86. The van der Waals surface area contributed by atoms with E-state index in [-0.39, 0.29) is 0 Å². The van der Waals surface area contributed by atoms with Crippen LogP contribution in [0, 0.1) is 5.92 Å². The third-order valence-corrected chi connectivity index (χ3v) is 4.13. The van der Waals surface area contributed by atoms with Crippen molar-refractivity contribution in [2.75, 3.05) is 31.9 Å². The number of aromatic nitrogens is 2. The van der Waals surface area contributed by atoms with Crippen LogP contribution in [-0.2, 0) is 12.3 Å². The van der Waals surface area contributed by atoms with Gasteiger partial charge in [-0.3, -0.25) is 4.90 Å². The molecular weight excluding hydrogens is 248 g/mol. The van der Waals surface area contributed by atoms with E-state index in [4.69, 9.17) is 4.52 Å². The van der Waals surface area contributed by atoms with Crippen molar-refractivity contribution < 1.29 is 4.52 Å². The summed E-state index contributed by atoms with van der Waals surface area (Å²) in [5, 5.41) is 7.36. The molecule has 0 amide bonds. The van der Waals surface area contributed by atoms with Gasteiger partial charge >= 0.3 is 0 Å². The van der Waals surface area contributed by atoms with E-state index < -0.39 is 0 Å². The molecule has 2 rings (SSSR count). The fourth-order valence-corrected chi connectivity index (χ4v) is 2.75. The molecule has 2 heterocycles. The van der Waals surface area contributed by atoms with Crippen molar-refractivity contribution in [3.63, 3.8) is 0 Å². The zero-order valence-corrected chi connectivity index (χ0v) is 12.0. The smallest absolute Gasteiger partial charge is 0.240 e. The molecule has 0 atom stereocenters. The summed E-state index contributed by atoms with van der Waals surface area (Å²) in [4.78, 5) is 6.78. The summed E-state index contributed by atoms with van der Waals surface area (Å²) in [7, 11) is 0. The van der Waals surface area contributed by atoms with E-state index in [1.165, 1.54) is 0 Å². The molecule has 0 aromatic carbocycles. The summed E-state index contributed by atoms with van der Waals surface area (Å²) in [5.74, 6) is 4.27. The van der Waals surface area contributed by atoms with Gasteiger partial charge in [0.05, 0.1) is 12.3 Å². The molecule has 0 unspecified atom stereocenters. The fraction of sp³-hybridized carbons (Fsp3) is 0.833. The monoisotopic (exact) mass is 270 g/mol. The van der Waals surface area contributed by atoms with Crippen molar-refractivity contribution in [2.24, 2.45) is 5.92 Å². The minimum Gasteiger partial charge on any atom is -0.338 e. The Bertz CT molecular complexity index is 350. The molecular formula is C12H22N4OS. The Balaban J connectivity index is 1.74. The van der Waals surface area contributed by atoms with Crippen LogP contribution in [0.2, 0.25) is 0 Å². The molecule has 1 aromatic heterocycles. The summed E-state index contributed by atoms with van der Waals surface area (Å²) in [6, 6.07) is 0. The molecule has 5 nitrogen and oxygen atoms in total. The Morgan fingerprint density at radius 1 is 1.39 bits per heavy atom. The molecule has 1 aromatic rings. The zero-order chi connectivity index (χ0) is 12.8. The van der Waals surface area contributed by atoms with E-state index in [0.717, 1.165) is 55.9 Å². The molecule has 0 bridgehead atoms. The van der Waals surface area contributed by atoms with Crippen LogP contribution in [0.5, 0.6) is 0 Å². The van der Waals surface area contributed by atoms with Crippen LogP contribution in [0.1, 0.15) is 25.6 Å². The second-order valence-corrected chi connectivity index (χ2v) is 6.07. The minimum absolute atomic E-state index is 0.710. The lowest BCUT2D eigenvalue weighted by molar-refractivity contribution is 0.203. The van der Waals surface area contributed by atoms with E-state index in [1.54, 1.807) is 0 Å². The molecule has 0 aliphatic carbocycles. The predicted octanol–water partition coefficient (Wildman–Crippen LogP) is 1.36. The van der Waals surface area contributed by atoms with E-state index in [9.17, 15) is 0 Å². The first kappa shape index (κ1) is 13.8. The van der Waals surface area contributed by atoms with Gasteiger partial charge in [0.1, 0.15) is 0 Å². The summed E-state index contributed by atoms with van der Waals surface area (Å²) >= 11 is 1.87. The van der Waals surface area contributed by atoms with Gasteiger partial charge in [-0.2, -0.15) is 16.7 Å². The summed E-state index contributed by atoms with van der Waals surface area (Å²) in [6.07, 6.45) is 0. The van der Waals surface area contributed by atoms with Crippen LogP contribution in [0.3, 0.4) is 0 Å². The van der Waals surface area contributed by atoms with E-state index in [0.29, 0.717) is 5.92 Å². The van der Waals surface area contributed by atoms with Crippen LogP contribution in [0.15, 0.2) is 4.52 Å². The first-order valence-corrected chi connectivity index (χ1v) is 7.72. The van der Waals surface area contributed by atoms with Crippen LogP contribution in [0.25, 0.3) is 0 Å². The summed E-state index contributed by atoms with van der Waals surface area (Å²) in [5.41, 5.74) is 0. The van der Waals surface area contributed by atoms with Gasteiger partial charge in [-0.25, -0.2) is 0 Å². The molecule has 1 saturated heterocycles. The largest absolute Gasteiger partial charge is 0.338 e. The second kappa shape index (κ2) is 7.11. The Morgan fingerprint density at radius 2 is 2.17 bits per heavy atom. The Morgan fingerprint density at radius 3 is 2.89 bits per heavy atom. The van der Waals surface area contributed by atoms with Crippen molar-refractivity contribution >= 4 is 11.8 Å². The van der Waals surface area contributed by atoms with Gasteiger partial charge in [0.25, 0.3) is 0 Å². The lowest BCUT2D eigenvalue weighted by Gasteiger charge is -2.25. The average Bonchev–Trinajstić information content (AvgIpc) is 2.78. The third kappa shape index (κ3) is 4.59. The van der Waals surface area contributed by atoms with Crippen molar-refractivity contribution in [2.45, 2.75) is 26.1 Å². The molecule has 1 fully saturated rings. The Kier molecular flexibility index (Phi) is 5.46. The number of hydrogen-bond acceptors (Lipinski definition) is 6. The molecule has 1 aliphatic heterocycles. The molecule has 18 heavy (non-hydrogen) atoms. The summed E-state index contributed by atoms with van der Waals surface area (Å²) in [6.45, 7) is 9.43. The first-order valence-electron chi connectivity index (χ1n) is 6.56. The van der Waals surface area contributed by atoms with Gasteiger partial charge in [0.2, 0.25) is 5.89 Å². The van der Waals surface area contributed by atoms with Crippen LogP contribution in [0.4, 0.5) is 0 Å². The topological polar surface area (TPSA) is 54.2 Å². The lowest BCUT2D eigenvalue weighted by Crippen LogP contribution is -2.42. The molecule has 1 aliphatic rings. The number of hydrogen-bond donors (Lipinski definition) is 1. The van der Waals surface area contributed by atoms with Crippen molar-refractivity contribution in [3.05, 3.63) is 11.7 Å². The molecule has 0 spiro atoms. The third-order valence-electron chi connectivity index (χ3n) is 2.76. The quantitative estimate of drug-likeness (QED) is 0.842. The highest BCUT2D eigenvalue weighted by atomic mass is 32.2. The Hall–Kier alpha value is -0.590. The predicted molar refractivity (Wildman–Crippen MR) is 73.4 cm³/mol. The number of thioether (sulfide) groups is 1. The molecule has 0 saturated carbocycles. The average molecular weight is 270 g/mol. The van der Waals surface area contributed by atoms with E-state index >= 15 is 0 Å². The van der Waals surface area contributed by atoms with Gasteiger partial charge in [-0.05, 0) is 11.7 Å². The maximum absolute atomic E-state index is 5.29. The van der Waals surface area contributed by atoms with Gasteiger partial charge in [0.15, 0.2) is 5.82 Å². The highest BCUT2D eigenvalue weighted by molar-refractivity contribution is 7.98. The van der Waals surface area contributed by atoms with Crippen molar-refractivity contribution in [1.82, 2.24) is 20.4 Å². The highest BCUT2D eigenvalue weighted by Gasteiger charge is 2.14. The first-order chi connectivity index (χ1) is 8.74. The van der Waals surface area contributed by atoms with Gasteiger partial charge < -0.3 is 9.84 Å². The zero-order valence-electron chi connectivity index (χ0n) is 11.2. The molecule has 0 radical (unpaired) electrons. The number of nitrogens with one attached hydrogen (secondary N) is 1. The van der Waals surface area contributed by atoms with Gasteiger partial charge in [0, 0.05) is 26.2 Å². The van der Waals surface area contributed by atoms with Crippen LogP contribution in [-0.4, -0.2) is 47.0 Å². The lowest BCUT2D eigenvalue weighted by atomic mass is 10.3. The second-order valence-electron chi connectivity index (χ2n) is 5.04. The standard InChI is InChI=1S/C12H22N4OS/c1-10(2)8-18-9-11-14-12(17-15-11)7-16-5-3-13-4-6-16/h10,13H,3-9H2,1-2H3. The van der Waals surface area contributed by atoms with Crippen LogP contribution >= 0.6 is 11.8 Å². The molecule has 102 valence electrons. The maximum Gasteiger partial charge on any atom is 0.240 e. The Labute approximate surface area is 113 Å². The SMILES string of the molecule is CC(C)CSCc1noc(CN2CCNCC2)n1. The maximum atomic E-state index is 5.29. The van der Waals surface area contributed by atoms with E-state index in [1.807, 2.05) is 11.8 Å². The highest BCUT2D eigenvalue weighted by Crippen LogP contribution is 2.13. The van der Waals surface area contributed by atoms with Crippen molar-refractivity contribution in [1.29, 1.82) is 0 Å². The normalized spacial score (nSPS) is 17.5.